The number of aliphatic hydroxyl groups excluding tert-OH is 1. The molecule has 0 unspecified atom stereocenters. The number of hydrogen-bond acceptors (Lipinski definition) is 6. The molecule has 1 aliphatic carbocycles. The Kier molecular flexibility index (Phi) is 4.45. The fourth-order valence-electron chi connectivity index (χ4n) is 5.36. The maximum absolute atomic E-state index is 13.2. The Morgan fingerprint density at radius 1 is 1.03 bits per heavy atom. The number of hydrogen-bond donors (Lipinski definition) is 1. The number of amides is 1. The molecule has 162 valence electrons. The summed E-state index contributed by atoms with van der Waals surface area (Å²) >= 11 is 0. The maximum atomic E-state index is 13.2. The predicted octanol–water partition coefficient (Wildman–Crippen LogP) is 2.64. The van der Waals surface area contributed by atoms with Crippen LogP contribution in [0, 0.1) is 11.8 Å². The molecule has 0 radical (unpaired) electrons. The molecule has 2 fully saturated rings. The number of carbonyl (C=O) groups is 1. The smallest absolute Gasteiger partial charge is 0.257 e. The van der Waals surface area contributed by atoms with Gasteiger partial charge in [-0.15, -0.1) is 0 Å². The SMILES string of the molecule is O=C(c1cccc2c1OCC2)N1C[C@H]2C[C@@H](Oc3ccc4c(c3)OCO4)[C@H](O)C[C@H]2C1. The van der Waals surface area contributed by atoms with Crippen LogP contribution in [0.3, 0.4) is 0 Å². The topological polar surface area (TPSA) is 77.5 Å². The van der Waals surface area contributed by atoms with Crippen molar-refractivity contribution in [2.24, 2.45) is 11.8 Å². The first-order valence-electron chi connectivity index (χ1n) is 10.9. The van der Waals surface area contributed by atoms with Crippen molar-refractivity contribution in [3.63, 3.8) is 0 Å². The van der Waals surface area contributed by atoms with E-state index in [4.69, 9.17) is 18.9 Å². The molecule has 3 heterocycles. The molecule has 0 bridgehead atoms. The molecule has 7 heteroatoms. The second-order valence-electron chi connectivity index (χ2n) is 8.83. The largest absolute Gasteiger partial charge is 0.492 e. The van der Waals surface area contributed by atoms with E-state index in [2.05, 4.69) is 0 Å². The summed E-state index contributed by atoms with van der Waals surface area (Å²) < 4.78 is 22.6. The molecule has 1 amide bonds. The zero-order valence-electron chi connectivity index (χ0n) is 17.2. The maximum Gasteiger partial charge on any atom is 0.257 e. The number of fused-ring (bicyclic) bond motifs is 3. The van der Waals surface area contributed by atoms with Gasteiger partial charge in [0.05, 0.1) is 18.3 Å². The van der Waals surface area contributed by atoms with Crippen molar-refractivity contribution in [1.29, 1.82) is 0 Å². The van der Waals surface area contributed by atoms with E-state index in [1.54, 1.807) is 0 Å². The van der Waals surface area contributed by atoms with E-state index < -0.39 is 6.10 Å². The van der Waals surface area contributed by atoms with Gasteiger partial charge in [-0.1, -0.05) is 12.1 Å². The zero-order chi connectivity index (χ0) is 20.9. The first kappa shape index (κ1) is 18.8. The van der Waals surface area contributed by atoms with Gasteiger partial charge in [-0.3, -0.25) is 4.79 Å². The molecule has 1 saturated heterocycles. The first-order chi connectivity index (χ1) is 15.2. The van der Waals surface area contributed by atoms with Crippen molar-refractivity contribution in [1.82, 2.24) is 4.90 Å². The molecule has 31 heavy (non-hydrogen) atoms. The Hall–Kier alpha value is -2.93. The van der Waals surface area contributed by atoms with E-state index in [0.29, 0.717) is 61.3 Å². The Morgan fingerprint density at radius 2 is 1.87 bits per heavy atom. The number of likely N-dealkylation sites (tertiary alicyclic amines) is 1. The van der Waals surface area contributed by atoms with E-state index in [-0.39, 0.29) is 24.7 Å². The lowest BCUT2D eigenvalue weighted by Gasteiger charge is -2.35. The van der Waals surface area contributed by atoms with Crippen LogP contribution in [0.15, 0.2) is 36.4 Å². The molecule has 2 aromatic carbocycles. The van der Waals surface area contributed by atoms with Crippen molar-refractivity contribution < 1.29 is 28.8 Å². The second-order valence-corrected chi connectivity index (χ2v) is 8.83. The van der Waals surface area contributed by atoms with Crippen LogP contribution in [-0.4, -0.2) is 54.6 Å². The molecule has 0 aromatic heterocycles. The third-order valence-corrected chi connectivity index (χ3v) is 6.95. The van der Waals surface area contributed by atoms with E-state index in [1.807, 2.05) is 41.3 Å². The zero-order valence-corrected chi connectivity index (χ0v) is 17.2. The molecule has 7 nitrogen and oxygen atoms in total. The average Bonchev–Trinajstić information content (AvgIpc) is 3.51. The first-order valence-corrected chi connectivity index (χ1v) is 10.9. The number of para-hydroxylation sites is 1. The van der Waals surface area contributed by atoms with E-state index in [1.165, 1.54) is 0 Å². The molecule has 1 saturated carbocycles. The lowest BCUT2D eigenvalue weighted by atomic mass is 9.78. The Bertz CT molecular complexity index is 1020. The van der Waals surface area contributed by atoms with Gasteiger partial charge >= 0.3 is 0 Å². The van der Waals surface area contributed by atoms with Gasteiger partial charge in [0.1, 0.15) is 17.6 Å². The Balaban J connectivity index is 1.15. The molecule has 4 atom stereocenters. The van der Waals surface area contributed by atoms with Crippen molar-refractivity contribution in [3.05, 3.63) is 47.5 Å². The van der Waals surface area contributed by atoms with Gasteiger partial charge in [0.25, 0.3) is 5.91 Å². The number of benzene rings is 2. The lowest BCUT2D eigenvalue weighted by molar-refractivity contribution is -0.0232. The van der Waals surface area contributed by atoms with Gasteiger partial charge in [0.2, 0.25) is 6.79 Å². The highest BCUT2D eigenvalue weighted by molar-refractivity contribution is 5.97. The normalized spacial score (nSPS) is 28.1. The molecule has 3 aliphatic heterocycles. The second kappa shape index (κ2) is 7.34. The average molecular weight is 423 g/mol. The van der Waals surface area contributed by atoms with Crippen molar-refractivity contribution in [2.45, 2.75) is 31.5 Å². The summed E-state index contributed by atoms with van der Waals surface area (Å²) in [5, 5.41) is 10.7. The van der Waals surface area contributed by atoms with E-state index in [9.17, 15) is 9.90 Å². The van der Waals surface area contributed by atoms with Crippen LogP contribution in [0.4, 0.5) is 0 Å². The molecular weight excluding hydrogens is 398 g/mol. The van der Waals surface area contributed by atoms with Crippen molar-refractivity contribution in [2.75, 3.05) is 26.5 Å². The minimum atomic E-state index is -0.564. The minimum absolute atomic E-state index is 0.0240. The van der Waals surface area contributed by atoms with Crippen LogP contribution in [0.25, 0.3) is 0 Å². The number of nitrogens with zero attached hydrogens (tertiary/aromatic N) is 1. The number of rotatable bonds is 3. The van der Waals surface area contributed by atoms with Gasteiger partial charge in [-0.25, -0.2) is 0 Å². The quantitative estimate of drug-likeness (QED) is 0.818. The number of ether oxygens (including phenoxy) is 4. The van der Waals surface area contributed by atoms with Crippen LogP contribution >= 0.6 is 0 Å². The molecular formula is C24H25NO6. The summed E-state index contributed by atoms with van der Waals surface area (Å²) in [6, 6.07) is 11.3. The Labute approximate surface area is 180 Å². The summed E-state index contributed by atoms with van der Waals surface area (Å²) in [6.07, 6.45) is 1.33. The summed E-state index contributed by atoms with van der Waals surface area (Å²) in [4.78, 5) is 15.2. The molecule has 0 spiro atoms. The summed E-state index contributed by atoms with van der Waals surface area (Å²) in [7, 11) is 0. The summed E-state index contributed by atoms with van der Waals surface area (Å²) in [6.45, 7) is 2.20. The lowest BCUT2D eigenvalue weighted by Crippen LogP contribution is -2.42. The van der Waals surface area contributed by atoms with Crippen molar-refractivity contribution >= 4 is 5.91 Å². The van der Waals surface area contributed by atoms with Crippen LogP contribution in [-0.2, 0) is 6.42 Å². The van der Waals surface area contributed by atoms with Crippen LogP contribution < -0.4 is 18.9 Å². The van der Waals surface area contributed by atoms with Crippen LogP contribution in [0.2, 0.25) is 0 Å². The standard InChI is InChI=1S/C24H25NO6/c26-19-8-15-11-25(24(27)18-3-1-2-14-6-7-28-23(14)18)12-16(15)9-21(19)31-17-4-5-20-22(10-17)30-13-29-20/h1-5,10,15-16,19,21,26H,6-9,11-13H2/t15-,16+,19+,21+/m0/s1. The summed E-state index contributed by atoms with van der Waals surface area (Å²) in [5.41, 5.74) is 1.76. The summed E-state index contributed by atoms with van der Waals surface area (Å²) in [5.74, 6) is 3.39. The highest BCUT2D eigenvalue weighted by atomic mass is 16.7. The fourth-order valence-corrected chi connectivity index (χ4v) is 5.36. The molecule has 6 rings (SSSR count). The van der Waals surface area contributed by atoms with Gasteiger partial charge in [-0.2, -0.15) is 0 Å². The fraction of sp³-hybridized carbons (Fsp3) is 0.458. The van der Waals surface area contributed by atoms with E-state index in [0.717, 1.165) is 17.7 Å². The predicted molar refractivity (Wildman–Crippen MR) is 111 cm³/mol. The number of aliphatic hydroxyl groups is 1. The van der Waals surface area contributed by atoms with E-state index >= 15 is 0 Å². The molecule has 1 N–H and O–H groups in total. The minimum Gasteiger partial charge on any atom is -0.492 e. The third-order valence-electron chi connectivity index (χ3n) is 6.95. The highest BCUT2D eigenvalue weighted by Gasteiger charge is 2.44. The molecule has 4 aliphatic rings. The van der Waals surface area contributed by atoms with Crippen LogP contribution in [0.5, 0.6) is 23.0 Å². The highest BCUT2D eigenvalue weighted by Crippen LogP contribution is 2.41. The monoisotopic (exact) mass is 423 g/mol. The van der Waals surface area contributed by atoms with Gasteiger partial charge in [-0.05, 0) is 48.4 Å². The number of carbonyl (C=O) groups excluding carboxylic acids is 1. The van der Waals surface area contributed by atoms with Gasteiger partial charge in [0.15, 0.2) is 11.5 Å². The van der Waals surface area contributed by atoms with Crippen molar-refractivity contribution in [3.8, 4) is 23.0 Å². The van der Waals surface area contributed by atoms with Gasteiger partial charge < -0.3 is 29.0 Å². The van der Waals surface area contributed by atoms with Gasteiger partial charge in [0, 0.05) is 25.6 Å². The van der Waals surface area contributed by atoms with Crippen LogP contribution in [0.1, 0.15) is 28.8 Å². The molecule has 2 aromatic rings. The third kappa shape index (κ3) is 3.28. The Morgan fingerprint density at radius 3 is 2.77 bits per heavy atom.